The zero-order chi connectivity index (χ0) is 15.9. The van der Waals surface area contributed by atoms with Crippen molar-refractivity contribution in [3.63, 3.8) is 0 Å². The van der Waals surface area contributed by atoms with E-state index in [1.54, 1.807) is 12.1 Å². The maximum atomic E-state index is 11.7. The quantitative estimate of drug-likeness (QED) is 0.728. The summed E-state index contributed by atoms with van der Waals surface area (Å²) in [5, 5.41) is 14.3. The number of carbonyl (C=O) groups is 3. The summed E-state index contributed by atoms with van der Waals surface area (Å²) in [6.45, 7) is -0.592. The van der Waals surface area contributed by atoms with Gasteiger partial charge in [0.1, 0.15) is 11.3 Å². The van der Waals surface area contributed by atoms with Gasteiger partial charge in [0, 0.05) is 6.04 Å². The van der Waals surface area contributed by atoms with Crippen LogP contribution in [-0.2, 0) is 9.53 Å². The Labute approximate surface area is 127 Å². The molecule has 0 spiro atoms. The Bertz CT molecular complexity index is 567. The lowest BCUT2D eigenvalue weighted by Gasteiger charge is -2.12. The molecule has 3 amide bonds. The molecule has 0 aromatic heterocycles. The third-order valence-electron chi connectivity index (χ3n) is 3.40. The van der Waals surface area contributed by atoms with Crippen LogP contribution in [0.25, 0.3) is 0 Å². The smallest absolute Gasteiger partial charge is 0.342 e. The van der Waals surface area contributed by atoms with Crippen LogP contribution in [0.2, 0.25) is 0 Å². The summed E-state index contributed by atoms with van der Waals surface area (Å²) in [6.07, 6.45) is 3.95. The van der Waals surface area contributed by atoms with E-state index in [4.69, 9.17) is 4.74 Å². The van der Waals surface area contributed by atoms with Crippen molar-refractivity contribution in [3.8, 4) is 5.75 Å². The maximum Gasteiger partial charge on any atom is 0.342 e. The number of phenols is 1. The lowest BCUT2D eigenvalue weighted by Crippen LogP contribution is -2.44. The Hall–Kier alpha value is -2.57. The van der Waals surface area contributed by atoms with E-state index in [-0.39, 0.29) is 17.4 Å². The number of benzene rings is 1. The summed E-state index contributed by atoms with van der Waals surface area (Å²) in [4.78, 5) is 34.8. The molecule has 2 rings (SSSR count). The van der Waals surface area contributed by atoms with E-state index in [2.05, 4.69) is 10.6 Å². The third-order valence-corrected chi connectivity index (χ3v) is 3.40. The van der Waals surface area contributed by atoms with E-state index in [0.29, 0.717) is 0 Å². The van der Waals surface area contributed by atoms with Gasteiger partial charge in [-0.25, -0.2) is 9.59 Å². The van der Waals surface area contributed by atoms with E-state index in [1.807, 2.05) is 0 Å². The zero-order valence-electron chi connectivity index (χ0n) is 12.0. The highest BCUT2D eigenvalue weighted by atomic mass is 16.5. The van der Waals surface area contributed by atoms with Crippen molar-refractivity contribution in [2.45, 2.75) is 31.7 Å². The van der Waals surface area contributed by atoms with Gasteiger partial charge in [-0.2, -0.15) is 0 Å². The van der Waals surface area contributed by atoms with E-state index in [0.717, 1.165) is 25.7 Å². The van der Waals surface area contributed by atoms with Gasteiger partial charge in [0.05, 0.1) is 0 Å². The molecule has 1 aliphatic carbocycles. The minimum atomic E-state index is -0.829. The highest BCUT2D eigenvalue weighted by Gasteiger charge is 2.19. The van der Waals surface area contributed by atoms with Crippen molar-refractivity contribution in [3.05, 3.63) is 29.8 Å². The molecule has 0 unspecified atom stereocenters. The number of ether oxygens (including phenoxy) is 1. The second kappa shape index (κ2) is 7.44. The highest BCUT2D eigenvalue weighted by molar-refractivity contribution is 5.97. The number of nitrogens with one attached hydrogen (secondary N) is 2. The first-order valence-electron chi connectivity index (χ1n) is 7.11. The average molecular weight is 306 g/mol. The number of esters is 1. The first-order chi connectivity index (χ1) is 10.6. The molecule has 1 saturated carbocycles. The van der Waals surface area contributed by atoms with E-state index < -0.39 is 24.5 Å². The van der Waals surface area contributed by atoms with Crippen LogP contribution in [0.15, 0.2) is 24.3 Å². The molecule has 0 saturated heterocycles. The van der Waals surface area contributed by atoms with Gasteiger partial charge in [-0.15, -0.1) is 0 Å². The van der Waals surface area contributed by atoms with Crippen molar-refractivity contribution >= 4 is 17.9 Å². The van der Waals surface area contributed by atoms with Crippen molar-refractivity contribution in [2.75, 3.05) is 6.61 Å². The predicted octanol–water partition coefficient (Wildman–Crippen LogP) is 1.32. The van der Waals surface area contributed by atoms with Crippen LogP contribution in [0.1, 0.15) is 36.0 Å². The molecule has 0 heterocycles. The predicted molar refractivity (Wildman–Crippen MR) is 77.3 cm³/mol. The Balaban J connectivity index is 1.74. The molecular weight excluding hydrogens is 288 g/mol. The van der Waals surface area contributed by atoms with Gasteiger partial charge in [0.2, 0.25) is 0 Å². The number of carbonyl (C=O) groups excluding carboxylic acids is 3. The molecule has 1 aromatic rings. The molecule has 0 atom stereocenters. The maximum absolute atomic E-state index is 11.7. The molecule has 1 aromatic carbocycles. The summed E-state index contributed by atoms with van der Waals surface area (Å²) >= 11 is 0. The van der Waals surface area contributed by atoms with Crippen LogP contribution >= 0.6 is 0 Å². The van der Waals surface area contributed by atoms with Crippen LogP contribution in [0.4, 0.5) is 4.79 Å². The summed E-state index contributed by atoms with van der Waals surface area (Å²) in [5.74, 6) is -1.78. The zero-order valence-corrected chi connectivity index (χ0v) is 12.0. The number of phenolic OH excluding ortho intramolecular Hbond substituents is 1. The molecular formula is C15H18N2O5. The molecule has 7 nitrogen and oxygen atoms in total. The van der Waals surface area contributed by atoms with Crippen LogP contribution in [-0.4, -0.2) is 35.7 Å². The van der Waals surface area contributed by atoms with Crippen LogP contribution < -0.4 is 10.6 Å². The van der Waals surface area contributed by atoms with Crippen molar-refractivity contribution in [1.29, 1.82) is 0 Å². The van der Waals surface area contributed by atoms with E-state index >= 15 is 0 Å². The average Bonchev–Trinajstić information content (AvgIpc) is 2.98. The van der Waals surface area contributed by atoms with Crippen molar-refractivity contribution < 1.29 is 24.2 Å². The first kappa shape index (κ1) is 15.8. The number of rotatable bonds is 4. The lowest BCUT2D eigenvalue weighted by atomic mass is 10.2. The largest absolute Gasteiger partial charge is 0.507 e. The molecule has 0 aliphatic heterocycles. The fourth-order valence-electron chi connectivity index (χ4n) is 2.31. The van der Waals surface area contributed by atoms with Gasteiger partial charge in [-0.3, -0.25) is 10.1 Å². The molecule has 1 fully saturated rings. The van der Waals surface area contributed by atoms with Gasteiger partial charge in [0.25, 0.3) is 5.91 Å². The summed E-state index contributed by atoms with van der Waals surface area (Å²) < 4.78 is 4.75. The Morgan fingerprint density at radius 2 is 1.86 bits per heavy atom. The fourth-order valence-corrected chi connectivity index (χ4v) is 2.31. The Morgan fingerprint density at radius 1 is 1.18 bits per heavy atom. The van der Waals surface area contributed by atoms with Crippen molar-refractivity contribution in [1.82, 2.24) is 10.6 Å². The van der Waals surface area contributed by atoms with Gasteiger partial charge >= 0.3 is 12.0 Å². The monoisotopic (exact) mass is 306 g/mol. The van der Waals surface area contributed by atoms with Gasteiger partial charge in [0.15, 0.2) is 6.61 Å². The molecule has 0 bridgehead atoms. The third kappa shape index (κ3) is 4.47. The van der Waals surface area contributed by atoms with Crippen LogP contribution in [0, 0.1) is 0 Å². The molecule has 7 heteroatoms. The second-order valence-electron chi connectivity index (χ2n) is 5.10. The summed E-state index contributed by atoms with van der Waals surface area (Å²) in [6, 6.07) is 5.35. The van der Waals surface area contributed by atoms with E-state index in [9.17, 15) is 19.5 Å². The van der Waals surface area contributed by atoms with Crippen LogP contribution in [0.3, 0.4) is 0 Å². The highest BCUT2D eigenvalue weighted by Crippen LogP contribution is 2.17. The molecule has 1 aliphatic rings. The number of para-hydroxylation sites is 1. The Kier molecular flexibility index (Phi) is 5.35. The standard InChI is InChI=1S/C15H18N2O5/c18-12-8-4-3-7-11(12)14(20)22-9-13(19)17-15(21)16-10-5-1-2-6-10/h3-4,7-8,10,18H,1-2,5-6,9H2,(H2,16,17,19,21). The number of hydrogen-bond donors (Lipinski definition) is 3. The van der Waals surface area contributed by atoms with E-state index in [1.165, 1.54) is 12.1 Å². The van der Waals surface area contributed by atoms with Gasteiger partial charge in [-0.1, -0.05) is 25.0 Å². The topological polar surface area (TPSA) is 105 Å². The molecule has 118 valence electrons. The lowest BCUT2D eigenvalue weighted by molar-refractivity contribution is -0.123. The molecule has 3 N–H and O–H groups in total. The summed E-state index contributed by atoms with van der Waals surface area (Å²) in [7, 11) is 0. The minimum absolute atomic E-state index is 0.0364. The van der Waals surface area contributed by atoms with Crippen LogP contribution in [0.5, 0.6) is 5.75 Å². The number of amides is 3. The number of imide groups is 1. The second-order valence-corrected chi connectivity index (χ2v) is 5.10. The normalized spacial score (nSPS) is 14.4. The SMILES string of the molecule is O=C(COC(=O)c1ccccc1O)NC(=O)NC1CCCC1. The number of aromatic hydroxyl groups is 1. The molecule has 0 radical (unpaired) electrons. The Morgan fingerprint density at radius 3 is 2.55 bits per heavy atom. The van der Waals surface area contributed by atoms with Gasteiger partial charge < -0.3 is 15.2 Å². The molecule has 22 heavy (non-hydrogen) atoms. The number of urea groups is 1. The van der Waals surface area contributed by atoms with Crippen molar-refractivity contribution in [2.24, 2.45) is 0 Å². The van der Waals surface area contributed by atoms with Gasteiger partial charge in [-0.05, 0) is 25.0 Å². The summed E-state index contributed by atoms with van der Waals surface area (Å²) in [5.41, 5.74) is -0.0364. The first-order valence-corrected chi connectivity index (χ1v) is 7.11. The minimum Gasteiger partial charge on any atom is -0.507 e. The number of hydrogen-bond acceptors (Lipinski definition) is 5. The fraction of sp³-hybridized carbons (Fsp3) is 0.400.